The molecule has 0 fully saturated rings. The summed E-state index contributed by atoms with van der Waals surface area (Å²) in [5.74, 6) is -0.930. The van der Waals surface area contributed by atoms with Crippen LogP contribution in [0, 0.1) is 0 Å². The van der Waals surface area contributed by atoms with Gasteiger partial charge in [-0.1, -0.05) is 29.5 Å². The van der Waals surface area contributed by atoms with Crippen LogP contribution in [0.2, 0.25) is 0 Å². The van der Waals surface area contributed by atoms with Gasteiger partial charge in [-0.05, 0) is 56.0 Å². The highest BCUT2D eigenvalue weighted by atomic mass is 32.2. The molecule has 0 amide bonds. The topological polar surface area (TPSA) is 123 Å². The van der Waals surface area contributed by atoms with E-state index in [4.69, 9.17) is 9.47 Å². The Labute approximate surface area is 180 Å². The van der Waals surface area contributed by atoms with Crippen molar-refractivity contribution in [3.8, 4) is 5.75 Å². The second-order valence-electron chi connectivity index (χ2n) is 6.89. The number of carbonyl (C=O) groups excluding carboxylic acids is 2. The van der Waals surface area contributed by atoms with Crippen LogP contribution in [-0.2, 0) is 26.0 Å². The molecule has 2 aromatic carbocycles. The van der Waals surface area contributed by atoms with Crippen molar-refractivity contribution in [1.29, 1.82) is 0 Å². The average Bonchev–Trinajstić information content (AvgIpc) is 2.91. The maximum Gasteiger partial charge on any atom is 0.344 e. The highest BCUT2D eigenvalue weighted by Gasteiger charge is 2.50. The minimum absolute atomic E-state index is 0.0443. The fraction of sp³-hybridized carbons (Fsp3) is 0.333. The van der Waals surface area contributed by atoms with Crippen LogP contribution in [0.3, 0.4) is 0 Å². The molecule has 9 nitrogen and oxygen atoms in total. The Bertz CT molecular complexity index is 1100. The van der Waals surface area contributed by atoms with Crippen molar-refractivity contribution in [2.45, 2.75) is 36.6 Å². The summed E-state index contributed by atoms with van der Waals surface area (Å²) in [6, 6.07) is 12.6. The predicted octanol–water partition coefficient (Wildman–Crippen LogP) is 2.86. The predicted molar refractivity (Wildman–Crippen MR) is 111 cm³/mol. The molecule has 0 saturated heterocycles. The number of aryl methyl sites for hydroxylation is 1. The van der Waals surface area contributed by atoms with Gasteiger partial charge in [-0.15, -0.1) is 5.11 Å². The zero-order chi connectivity index (χ0) is 22.5. The molecule has 1 unspecified atom stereocenters. The van der Waals surface area contributed by atoms with Crippen molar-refractivity contribution in [3.63, 3.8) is 0 Å². The minimum Gasteiger partial charge on any atom is -0.497 e. The number of hydrogen-bond donors (Lipinski definition) is 1. The first-order valence-corrected chi connectivity index (χ1v) is 11.2. The fourth-order valence-corrected chi connectivity index (χ4v) is 4.13. The maximum absolute atomic E-state index is 13.3. The maximum atomic E-state index is 13.3. The van der Waals surface area contributed by atoms with E-state index in [1.807, 2.05) is 17.0 Å². The number of ether oxygens (including phenoxy) is 2. The lowest BCUT2D eigenvalue weighted by Crippen LogP contribution is -2.46. The summed E-state index contributed by atoms with van der Waals surface area (Å²) in [7, 11) is -2.60. The van der Waals surface area contributed by atoms with Gasteiger partial charge in [0.2, 0.25) is 11.3 Å². The number of sulfonamides is 1. The van der Waals surface area contributed by atoms with Gasteiger partial charge in [0.1, 0.15) is 5.75 Å². The molecule has 0 aromatic heterocycles. The molecular weight excluding hydrogens is 422 g/mol. The summed E-state index contributed by atoms with van der Waals surface area (Å²) >= 11 is 0. The Morgan fingerprint density at radius 1 is 1.16 bits per heavy atom. The third-order valence-electron chi connectivity index (χ3n) is 4.99. The van der Waals surface area contributed by atoms with Crippen molar-refractivity contribution in [3.05, 3.63) is 59.7 Å². The number of Topliss-reactive ketones (excluding diaryl/α,β-unsaturated/α-hetero) is 1. The monoisotopic (exact) mass is 445 g/mol. The van der Waals surface area contributed by atoms with Crippen molar-refractivity contribution in [2.75, 3.05) is 13.7 Å². The zero-order valence-electron chi connectivity index (χ0n) is 17.2. The normalized spacial score (nSPS) is 18.8. The molecule has 0 aliphatic heterocycles. The smallest absolute Gasteiger partial charge is 0.344 e. The lowest BCUT2D eigenvalue weighted by Gasteiger charge is -2.23. The second-order valence-corrected chi connectivity index (χ2v) is 8.55. The molecule has 0 bridgehead atoms. The summed E-state index contributed by atoms with van der Waals surface area (Å²) < 4.78 is 35.2. The Morgan fingerprint density at radius 2 is 1.87 bits per heavy atom. The minimum atomic E-state index is -4.07. The van der Waals surface area contributed by atoms with Crippen LogP contribution < -0.4 is 9.57 Å². The molecular formula is C21H23N3O6S. The number of hydrogen-bond acceptors (Lipinski definition) is 8. The van der Waals surface area contributed by atoms with Crippen molar-refractivity contribution < 1.29 is 27.5 Å². The summed E-state index contributed by atoms with van der Waals surface area (Å²) in [6.07, 6.45) is 1.11. The van der Waals surface area contributed by atoms with Crippen LogP contribution in [0.1, 0.15) is 35.7 Å². The molecule has 1 aliphatic carbocycles. The number of methoxy groups -OCH3 is 1. The van der Waals surface area contributed by atoms with Crippen molar-refractivity contribution in [2.24, 2.45) is 10.3 Å². The van der Waals surface area contributed by atoms with Gasteiger partial charge in [-0.2, -0.15) is 13.2 Å². The number of nitrogens with zero attached hydrogens (tertiary/aromatic N) is 2. The Kier molecular flexibility index (Phi) is 6.69. The molecule has 10 heteroatoms. The summed E-state index contributed by atoms with van der Waals surface area (Å²) in [5.41, 5.74) is -0.803. The SMILES string of the molecule is CCOC(=O)C1(N=NNS(=O)(=O)c2ccc(OC)cc2)CCCc2ccccc2C1=O. The molecule has 2 aromatic rings. The van der Waals surface area contributed by atoms with Gasteiger partial charge in [0, 0.05) is 5.56 Å². The van der Waals surface area contributed by atoms with E-state index in [1.54, 1.807) is 19.1 Å². The molecule has 0 heterocycles. The van der Waals surface area contributed by atoms with Gasteiger partial charge in [0.15, 0.2) is 0 Å². The van der Waals surface area contributed by atoms with E-state index in [0.29, 0.717) is 24.2 Å². The molecule has 164 valence electrons. The molecule has 0 radical (unpaired) electrons. The van der Waals surface area contributed by atoms with E-state index in [-0.39, 0.29) is 17.9 Å². The van der Waals surface area contributed by atoms with Gasteiger partial charge in [-0.25, -0.2) is 4.79 Å². The van der Waals surface area contributed by atoms with Crippen LogP contribution in [-0.4, -0.2) is 39.4 Å². The van der Waals surface area contributed by atoms with Crippen LogP contribution in [0.15, 0.2) is 63.8 Å². The number of nitrogens with one attached hydrogen (secondary N) is 1. The average molecular weight is 445 g/mol. The molecule has 1 N–H and O–H groups in total. The summed E-state index contributed by atoms with van der Waals surface area (Å²) in [5, 5.41) is 7.46. The molecule has 3 rings (SSSR count). The van der Waals surface area contributed by atoms with E-state index in [0.717, 1.165) is 5.56 Å². The third-order valence-corrected chi connectivity index (χ3v) is 6.20. The number of fused-ring (bicyclic) bond motifs is 1. The second kappa shape index (κ2) is 9.25. The van der Waals surface area contributed by atoms with E-state index >= 15 is 0 Å². The van der Waals surface area contributed by atoms with Gasteiger partial charge in [0.25, 0.3) is 10.0 Å². The number of carbonyl (C=O) groups is 2. The lowest BCUT2D eigenvalue weighted by atomic mass is 9.87. The standard InChI is InChI=1S/C21H23N3O6S/c1-3-30-20(26)21(14-6-8-15-7-4-5-9-18(15)19(21)25)22-23-24-31(27,28)17-12-10-16(29-2)11-13-17/h4-5,7,9-13H,3,6,8,14H2,1-2H3,(H,22,24). The van der Waals surface area contributed by atoms with Crippen LogP contribution in [0.25, 0.3) is 0 Å². The number of esters is 1. The molecule has 0 spiro atoms. The van der Waals surface area contributed by atoms with E-state index in [9.17, 15) is 18.0 Å². The molecule has 1 aliphatic rings. The Hall–Kier alpha value is -3.27. The van der Waals surface area contributed by atoms with Crippen molar-refractivity contribution >= 4 is 21.8 Å². The van der Waals surface area contributed by atoms with Crippen LogP contribution in [0.4, 0.5) is 0 Å². The van der Waals surface area contributed by atoms with E-state index in [1.165, 1.54) is 31.4 Å². The van der Waals surface area contributed by atoms with Gasteiger partial charge in [0.05, 0.1) is 18.6 Å². The molecule has 0 saturated carbocycles. The number of ketones is 1. The van der Waals surface area contributed by atoms with Crippen molar-refractivity contribution in [1.82, 2.24) is 4.83 Å². The first-order chi connectivity index (χ1) is 14.8. The van der Waals surface area contributed by atoms with E-state index < -0.39 is 27.3 Å². The van der Waals surface area contributed by atoms with Crippen LogP contribution in [0.5, 0.6) is 5.75 Å². The van der Waals surface area contributed by atoms with Crippen LogP contribution >= 0.6 is 0 Å². The van der Waals surface area contributed by atoms with E-state index in [2.05, 4.69) is 10.3 Å². The Balaban J connectivity index is 1.93. The first-order valence-electron chi connectivity index (χ1n) is 9.72. The first kappa shape index (κ1) is 22.4. The third kappa shape index (κ3) is 4.58. The van der Waals surface area contributed by atoms with Gasteiger partial charge < -0.3 is 9.47 Å². The lowest BCUT2D eigenvalue weighted by molar-refractivity contribution is -0.148. The molecule has 31 heavy (non-hydrogen) atoms. The molecule has 1 atom stereocenters. The summed E-state index contributed by atoms with van der Waals surface area (Å²) in [4.78, 5) is 28.0. The summed E-state index contributed by atoms with van der Waals surface area (Å²) in [6.45, 7) is 1.66. The highest BCUT2D eigenvalue weighted by molar-refractivity contribution is 7.89. The Morgan fingerprint density at radius 3 is 2.55 bits per heavy atom. The quantitative estimate of drug-likeness (QED) is 0.230. The fourth-order valence-electron chi connectivity index (χ4n) is 3.38. The highest BCUT2D eigenvalue weighted by Crippen LogP contribution is 2.32. The zero-order valence-corrected chi connectivity index (χ0v) is 18.0. The largest absolute Gasteiger partial charge is 0.497 e. The van der Waals surface area contributed by atoms with Gasteiger partial charge >= 0.3 is 5.97 Å². The van der Waals surface area contributed by atoms with Gasteiger partial charge in [-0.3, -0.25) is 4.79 Å². The number of rotatable bonds is 7. The number of benzene rings is 2.